The minimum Gasteiger partial charge on any atom is -0.368 e. The first-order valence-electron chi connectivity index (χ1n) is 7.92. The average Bonchev–Trinajstić information content (AvgIpc) is 2.86. The Kier molecular flexibility index (Phi) is 8.75. The van der Waals surface area contributed by atoms with E-state index in [1.54, 1.807) is 18.4 Å². The van der Waals surface area contributed by atoms with Crippen molar-refractivity contribution in [3.63, 3.8) is 0 Å². The number of hydrogen-bond acceptors (Lipinski definition) is 7. The van der Waals surface area contributed by atoms with Crippen LogP contribution in [0.2, 0.25) is 5.15 Å². The lowest BCUT2D eigenvalue weighted by Gasteiger charge is -2.15. The van der Waals surface area contributed by atoms with E-state index in [9.17, 15) is 9.46 Å². The van der Waals surface area contributed by atoms with Gasteiger partial charge in [0.1, 0.15) is 11.9 Å². The van der Waals surface area contributed by atoms with Gasteiger partial charge in [0.15, 0.2) is 10.8 Å². The Balaban J connectivity index is 0.000000970. The van der Waals surface area contributed by atoms with Crippen molar-refractivity contribution >= 4 is 36.3 Å². The number of fused-ring (bicyclic) bond motifs is 1. The van der Waals surface area contributed by atoms with Crippen molar-refractivity contribution in [3.8, 4) is 0 Å². The molecule has 0 aromatic carbocycles. The number of ether oxygens (including phenoxy) is 1. The molecule has 3 N–H and O–H groups in total. The van der Waals surface area contributed by atoms with E-state index in [0.717, 1.165) is 0 Å². The standard InChI is InChI=1S/C11H17ClN5O4P.C3H8/c1-7(2)21-22(18,19)6-20-4-3-17-5-14-8-9(12)15-11(13)16-10(8)17;1-3-2/h5,7H,3-4,6H2,1-2H3,(H,18,19)(H2,13,15,16);3H2,1-2H3. The van der Waals surface area contributed by atoms with Crippen LogP contribution < -0.4 is 5.73 Å². The van der Waals surface area contributed by atoms with E-state index >= 15 is 0 Å². The van der Waals surface area contributed by atoms with Crippen molar-refractivity contribution < 1.29 is 18.7 Å². The summed E-state index contributed by atoms with van der Waals surface area (Å²) >= 11 is 5.92. The van der Waals surface area contributed by atoms with Gasteiger partial charge in [-0.15, -0.1) is 0 Å². The molecule has 2 aromatic rings. The lowest BCUT2D eigenvalue weighted by Crippen LogP contribution is -2.10. The summed E-state index contributed by atoms with van der Waals surface area (Å²) < 4.78 is 23.4. The fourth-order valence-electron chi connectivity index (χ4n) is 1.79. The van der Waals surface area contributed by atoms with E-state index in [2.05, 4.69) is 28.8 Å². The summed E-state index contributed by atoms with van der Waals surface area (Å²) in [6.07, 6.45) is 2.05. The average molecular weight is 394 g/mol. The normalized spacial score (nSPS) is 13.6. The molecule has 0 saturated heterocycles. The number of rotatable bonds is 7. The van der Waals surface area contributed by atoms with Gasteiger partial charge in [-0.05, 0) is 13.8 Å². The first-order valence-corrected chi connectivity index (χ1v) is 10.1. The van der Waals surface area contributed by atoms with Crippen molar-refractivity contribution in [2.75, 3.05) is 18.7 Å². The number of imidazole rings is 1. The summed E-state index contributed by atoms with van der Waals surface area (Å²) in [5.41, 5.74) is 6.46. The van der Waals surface area contributed by atoms with Gasteiger partial charge in [0.25, 0.3) is 0 Å². The number of nitrogen functional groups attached to an aromatic ring is 1. The maximum atomic E-state index is 11.6. The zero-order chi connectivity index (χ0) is 19.0. The molecule has 0 fully saturated rings. The highest BCUT2D eigenvalue weighted by molar-refractivity contribution is 7.52. The Morgan fingerprint density at radius 3 is 2.64 bits per heavy atom. The Morgan fingerprint density at radius 1 is 1.40 bits per heavy atom. The van der Waals surface area contributed by atoms with E-state index in [-0.39, 0.29) is 30.2 Å². The molecule has 9 nitrogen and oxygen atoms in total. The zero-order valence-electron chi connectivity index (χ0n) is 14.8. The number of anilines is 1. The molecule has 2 aromatic heterocycles. The Hall–Kier alpha value is -1.25. The smallest absolute Gasteiger partial charge is 0.353 e. The fourth-order valence-corrected chi connectivity index (χ4v) is 3.09. The highest BCUT2D eigenvalue weighted by Gasteiger charge is 2.21. The molecule has 25 heavy (non-hydrogen) atoms. The van der Waals surface area contributed by atoms with Crippen molar-refractivity contribution in [1.82, 2.24) is 19.5 Å². The van der Waals surface area contributed by atoms with Gasteiger partial charge in [-0.25, -0.2) is 4.98 Å². The second kappa shape index (κ2) is 10.0. The summed E-state index contributed by atoms with van der Waals surface area (Å²) in [5.74, 6) is 0.0466. The largest absolute Gasteiger partial charge is 0.368 e. The van der Waals surface area contributed by atoms with Crippen molar-refractivity contribution in [2.45, 2.75) is 46.8 Å². The van der Waals surface area contributed by atoms with Crippen LogP contribution in [0.15, 0.2) is 6.33 Å². The van der Waals surface area contributed by atoms with Gasteiger partial charge in [-0.3, -0.25) is 4.57 Å². The second-order valence-electron chi connectivity index (χ2n) is 5.52. The van der Waals surface area contributed by atoms with Gasteiger partial charge in [0, 0.05) is 6.54 Å². The number of hydrogen-bond donors (Lipinski definition) is 2. The molecule has 0 aliphatic carbocycles. The lowest BCUT2D eigenvalue weighted by atomic mass is 10.5. The summed E-state index contributed by atoms with van der Waals surface area (Å²) in [6.45, 7) is 8.15. The number of nitrogens with zero attached hydrogens (tertiary/aromatic N) is 4. The topological polar surface area (TPSA) is 125 Å². The molecule has 142 valence electrons. The van der Waals surface area contributed by atoms with E-state index in [0.29, 0.717) is 17.7 Å². The molecule has 1 atom stereocenters. The molecule has 2 heterocycles. The van der Waals surface area contributed by atoms with Crippen LogP contribution >= 0.6 is 19.2 Å². The highest BCUT2D eigenvalue weighted by Crippen LogP contribution is 2.42. The molecule has 0 radical (unpaired) electrons. The lowest BCUT2D eigenvalue weighted by molar-refractivity contribution is 0.126. The van der Waals surface area contributed by atoms with Crippen LogP contribution in [0.25, 0.3) is 11.2 Å². The van der Waals surface area contributed by atoms with Gasteiger partial charge < -0.3 is 24.5 Å². The van der Waals surface area contributed by atoms with Gasteiger partial charge in [-0.1, -0.05) is 31.9 Å². The Bertz CT molecular complexity index is 725. The molecule has 0 amide bonds. The summed E-state index contributed by atoms with van der Waals surface area (Å²) in [5, 5.41) is 0.173. The van der Waals surface area contributed by atoms with Crippen LogP contribution in [0, 0.1) is 0 Å². The maximum absolute atomic E-state index is 11.6. The van der Waals surface area contributed by atoms with Crippen molar-refractivity contribution in [3.05, 3.63) is 11.5 Å². The van der Waals surface area contributed by atoms with E-state index in [1.807, 2.05) is 0 Å². The molecule has 0 saturated carbocycles. The monoisotopic (exact) mass is 393 g/mol. The number of aromatic nitrogens is 4. The Labute approximate surface area is 152 Å². The van der Waals surface area contributed by atoms with Gasteiger partial charge in [0.2, 0.25) is 5.95 Å². The third-order valence-corrected chi connectivity index (χ3v) is 4.07. The van der Waals surface area contributed by atoms with E-state index < -0.39 is 7.60 Å². The van der Waals surface area contributed by atoms with Gasteiger partial charge >= 0.3 is 7.60 Å². The summed E-state index contributed by atoms with van der Waals surface area (Å²) in [4.78, 5) is 21.5. The minimum absolute atomic E-state index is 0.0466. The number of nitrogens with two attached hydrogens (primary N) is 1. The summed E-state index contributed by atoms with van der Waals surface area (Å²) in [6, 6.07) is 0. The predicted octanol–water partition coefficient (Wildman–Crippen LogP) is 3.06. The SMILES string of the molecule is CC(C)OP(=O)(O)COCCn1cnc2c(Cl)nc(N)nc21.CCC. The zero-order valence-corrected chi connectivity index (χ0v) is 16.5. The van der Waals surface area contributed by atoms with Crippen LogP contribution in [0.1, 0.15) is 34.1 Å². The predicted molar refractivity (Wildman–Crippen MR) is 97.6 cm³/mol. The van der Waals surface area contributed by atoms with Crippen LogP contribution in [-0.2, 0) is 20.4 Å². The molecule has 0 aliphatic rings. The van der Waals surface area contributed by atoms with Crippen LogP contribution in [0.4, 0.5) is 5.95 Å². The highest BCUT2D eigenvalue weighted by atomic mass is 35.5. The third kappa shape index (κ3) is 7.25. The van der Waals surface area contributed by atoms with Gasteiger partial charge in [-0.2, -0.15) is 9.97 Å². The molecular weight excluding hydrogens is 369 g/mol. The quantitative estimate of drug-likeness (QED) is 0.417. The maximum Gasteiger partial charge on any atom is 0.353 e. The molecule has 1 unspecified atom stereocenters. The molecule has 2 rings (SSSR count). The minimum atomic E-state index is -3.73. The first kappa shape index (κ1) is 21.8. The molecular formula is C14H25ClN5O4P. The van der Waals surface area contributed by atoms with Crippen LogP contribution in [-0.4, -0.2) is 43.5 Å². The third-order valence-electron chi connectivity index (χ3n) is 2.55. The van der Waals surface area contributed by atoms with Gasteiger partial charge in [0.05, 0.1) is 19.0 Å². The number of halogens is 1. The first-order chi connectivity index (χ1) is 11.7. The Morgan fingerprint density at radius 2 is 2.04 bits per heavy atom. The molecule has 0 aliphatic heterocycles. The van der Waals surface area contributed by atoms with E-state index in [4.69, 9.17) is 26.6 Å². The summed E-state index contributed by atoms with van der Waals surface area (Å²) in [7, 11) is -3.73. The van der Waals surface area contributed by atoms with Crippen LogP contribution in [0.3, 0.4) is 0 Å². The van der Waals surface area contributed by atoms with E-state index in [1.165, 1.54) is 12.7 Å². The molecule has 0 spiro atoms. The molecule has 11 heteroatoms. The van der Waals surface area contributed by atoms with Crippen LogP contribution in [0.5, 0.6) is 0 Å². The fraction of sp³-hybridized carbons (Fsp3) is 0.643. The van der Waals surface area contributed by atoms with Crippen molar-refractivity contribution in [2.24, 2.45) is 0 Å². The molecule has 0 bridgehead atoms. The van der Waals surface area contributed by atoms with Crippen molar-refractivity contribution in [1.29, 1.82) is 0 Å². The second-order valence-corrected chi connectivity index (χ2v) is 7.62.